The Morgan fingerprint density at radius 1 is 1.23 bits per heavy atom. The zero-order chi connectivity index (χ0) is 21.1. The number of hydrogen-bond acceptors (Lipinski definition) is 4. The van der Waals surface area contributed by atoms with E-state index < -0.39 is 0 Å². The van der Waals surface area contributed by atoms with Crippen molar-refractivity contribution in [2.45, 2.75) is 38.0 Å². The van der Waals surface area contributed by atoms with Crippen LogP contribution in [0.2, 0.25) is 0 Å². The molecule has 2 amide bonds. The van der Waals surface area contributed by atoms with E-state index in [2.05, 4.69) is 10.2 Å². The number of likely N-dealkylation sites (tertiary alicyclic amines) is 2. The molecule has 4 rings (SSSR count). The van der Waals surface area contributed by atoms with E-state index in [-0.39, 0.29) is 23.5 Å². The van der Waals surface area contributed by atoms with Gasteiger partial charge in [0.15, 0.2) is 0 Å². The number of rotatable bonds is 5. The minimum absolute atomic E-state index is 0.0800. The minimum atomic E-state index is -0.268. The molecule has 0 saturated carbocycles. The summed E-state index contributed by atoms with van der Waals surface area (Å²) in [5.74, 6) is 1.12. The Balaban J connectivity index is 1.31. The molecule has 1 atom stereocenters. The molecule has 1 unspecified atom stereocenters. The third kappa shape index (κ3) is 4.52. The summed E-state index contributed by atoms with van der Waals surface area (Å²) in [7, 11) is 1.95. The van der Waals surface area contributed by atoms with Gasteiger partial charge in [0.2, 0.25) is 11.8 Å². The summed E-state index contributed by atoms with van der Waals surface area (Å²) >= 11 is 0. The van der Waals surface area contributed by atoms with E-state index in [0.717, 1.165) is 24.2 Å². The summed E-state index contributed by atoms with van der Waals surface area (Å²) in [5.41, 5.74) is 0.863. The number of hydrogen-bond donors (Lipinski definition) is 0. The first kappa shape index (κ1) is 20.5. The Labute approximate surface area is 175 Å². The third-order valence-corrected chi connectivity index (χ3v) is 6.33. The van der Waals surface area contributed by atoms with E-state index in [1.54, 1.807) is 17.3 Å². The Morgan fingerprint density at radius 3 is 2.73 bits per heavy atom. The van der Waals surface area contributed by atoms with Crippen LogP contribution in [-0.4, -0.2) is 62.6 Å². The second-order valence-corrected chi connectivity index (χ2v) is 8.35. The summed E-state index contributed by atoms with van der Waals surface area (Å²) < 4.78 is 15.3. The fourth-order valence-electron chi connectivity index (χ4n) is 4.57. The Kier molecular flexibility index (Phi) is 6.11. The highest BCUT2D eigenvalue weighted by molar-refractivity contribution is 5.84. The van der Waals surface area contributed by atoms with E-state index in [1.807, 2.05) is 22.6 Å². The number of benzene rings is 1. The van der Waals surface area contributed by atoms with Gasteiger partial charge < -0.3 is 14.4 Å². The number of aryl methyl sites for hydroxylation is 1. The average molecular weight is 413 g/mol. The van der Waals surface area contributed by atoms with Gasteiger partial charge in [-0.3, -0.25) is 9.59 Å². The lowest BCUT2D eigenvalue weighted by Crippen LogP contribution is -2.49. The third-order valence-electron chi connectivity index (χ3n) is 6.33. The number of carbonyl (C=O) groups excluding carboxylic acids is 2. The van der Waals surface area contributed by atoms with Crippen LogP contribution >= 0.6 is 0 Å². The number of carbonyl (C=O) groups is 2. The maximum Gasteiger partial charge on any atom is 0.227 e. The topological polar surface area (TPSA) is 71.3 Å². The molecule has 7 nitrogen and oxygen atoms in total. The summed E-state index contributed by atoms with van der Waals surface area (Å²) in [6.45, 7) is 2.39. The van der Waals surface area contributed by atoms with Crippen LogP contribution in [0.4, 0.5) is 4.39 Å². The van der Waals surface area contributed by atoms with Gasteiger partial charge in [0.05, 0.1) is 5.92 Å². The standard InChI is InChI=1S/C22H28FN5O2/c1-26-15-24-25-21(26)17-8-11-27(12-9-17)22(30)18-5-6-20(29)28(14-18)10-7-16-3-2-4-19(23)13-16/h2-4,13,15,17-18H,5-12,14H2,1H3. The summed E-state index contributed by atoms with van der Waals surface area (Å²) in [6.07, 6.45) is 5.07. The van der Waals surface area contributed by atoms with E-state index in [4.69, 9.17) is 0 Å². The molecule has 0 N–H and O–H groups in total. The molecule has 2 aromatic rings. The van der Waals surface area contributed by atoms with Crippen molar-refractivity contribution in [1.29, 1.82) is 0 Å². The molecule has 0 bridgehead atoms. The summed E-state index contributed by atoms with van der Waals surface area (Å²) in [5, 5.41) is 8.17. The van der Waals surface area contributed by atoms with Gasteiger partial charge in [-0.1, -0.05) is 12.1 Å². The van der Waals surface area contributed by atoms with Crippen molar-refractivity contribution < 1.29 is 14.0 Å². The van der Waals surface area contributed by atoms with Gasteiger partial charge in [-0.25, -0.2) is 4.39 Å². The molecular weight excluding hydrogens is 385 g/mol. The highest BCUT2D eigenvalue weighted by Gasteiger charge is 2.34. The highest BCUT2D eigenvalue weighted by atomic mass is 19.1. The molecule has 2 aliphatic heterocycles. The van der Waals surface area contributed by atoms with Crippen molar-refractivity contribution in [3.8, 4) is 0 Å². The molecule has 2 saturated heterocycles. The van der Waals surface area contributed by atoms with Crippen LogP contribution in [0.15, 0.2) is 30.6 Å². The second kappa shape index (κ2) is 8.93. The Hall–Kier alpha value is -2.77. The first-order valence-corrected chi connectivity index (χ1v) is 10.7. The van der Waals surface area contributed by atoms with Crippen molar-refractivity contribution in [2.24, 2.45) is 13.0 Å². The monoisotopic (exact) mass is 413 g/mol. The molecule has 160 valence electrons. The number of halogens is 1. The second-order valence-electron chi connectivity index (χ2n) is 8.35. The molecular formula is C22H28FN5O2. The van der Waals surface area contributed by atoms with Crippen molar-refractivity contribution in [3.63, 3.8) is 0 Å². The summed E-state index contributed by atoms with van der Waals surface area (Å²) in [4.78, 5) is 29.1. The predicted molar refractivity (Wildman–Crippen MR) is 109 cm³/mol. The van der Waals surface area contributed by atoms with Gasteiger partial charge >= 0.3 is 0 Å². The van der Waals surface area contributed by atoms with E-state index >= 15 is 0 Å². The van der Waals surface area contributed by atoms with Gasteiger partial charge in [0.1, 0.15) is 18.0 Å². The van der Waals surface area contributed by atoms with Crippen LogP contribution in [0.1, 0.15) is 43.0 Å². The lowest BCUT2D eigenvalue weighted by molar-refractivity contribution is -0.143. The van der Waals surface area contributed by atoms with Gasteiger partial charge in [-0.15, -0.1) is 10.2 Å². The SMILES string of the molecule is Cn1cnnc1C1CCN(C(=O)C2CCC(=O)N(CCc3cccc(F)c3)C2)CC1. The van der Waals surface area contributed by atoms with Gasteiger partial charge in [0, 0.05) is 45.6 Å². The molecule has 1 aromatic heterocycles. The highest BCUT2D eigenvalue weighted by Crippen LogP contribution is 2.28. The van der Waals surface area contributed by atoms with E-state index in [9.17, 15) is 14.0 Å². The van der Waals surface area contributed by atoms with Crippen LogP contribution < -0.4 is 0 Å². The quantitative estimate of drug-likeness (QED) is 0.753. The fraction of sp³-hybridized carbons (Fsp3) is 0.545. The van der Waals surface area contributed by atoms with Gasteiger partial charge in [0.25, 0.3) is 0 Å². The number of amides is 2. The maximum absolute atomic E-state index is 13.4. The average Bonchev–Trinajstić information content (AvgIpc) is 3.19. The van der Waals surface area contributed by atoms with Crippen molar-refractivity contribution in [1.82, 2.24) is 24.6 Å². The summed E-state index contributed by atoms with van der Waals surface area (Å²) in [6, 6.07) is 6.46. The Bertz CT molecular complexity index is 906. The zero-order valence-electron chi connectivity index (χ0n) is 17.3. The fourth-order valence-corrected chi connectivity index (χ4v) is 4.57. The molecule has 0 radical (unpaired) electrons. The molecule has 2 aliphatic rings. The Morgan fingerprint density at radius 2 is 2.03 bits per heavy atom. The lowest BCUT2D eigenvalue weighted by Gasteiger charge is -2.37. The first-order chi connectivity index (χ1) is 14.5. The van der Waals surface area contributed by atoms with Crippen LogP contribution in [-0.2, 0) is 23.1 Å². The van der Waals surface area contributed by atoms with Crippen molar-refractivity contribution in [3.05, 3.63) is 47.8 Å². The molecule has 0 aliphatic carbocycles. The number of aromatic nitrogens is 3. The molecule has 30 heavy (non-hydrogen) atoms. The molecule has 1 aromatic carbocycles. The van der Waals surface area contributed by atoms with E-state index in [1.165, 1.54) is 12.1 Å². The van der Waals surface area contributed by atoms with Crippen LogP contribution in [0.25, 0.3) is 0 Å². The van der Waals surface area contributed by atoms with Gasteiger partial charge in [-0.2, -0.15) is 0 Å². The van der Waals surface area contributed by atoms with E-state index in [0.29, 0.717) is 51.4 Å². The molecule has 0 spiro atoms. The van der Waals surface area contributed by atoms with Crippen molar-refractivity contribution in [2.75, 3.05) is 26.2 Å². The molecule has 3 heterocycles. The largest absolute Gasteiger partial charge is 0.342 e. The van der Waals surface area contributed by atoms with Gasteiger partial charge in [-0.05, 0) is 43.4 Å². The smallest absolute Gasteiger partial charge is 0.227 e. The number of piperidine rings is 2. The number of nitrogens with zero attached hydrogens (tertiary/aromatic N) is 5. The normalized spacial score (nSPS) is 20.6. The van der Waals surface area contributed by atoms with Crippen LogP contribution in [0.3, 0.4) is 0 Å². The predicted octanol–water partition coefficient (Wildman–Crippen LogP) is 2.14. The van der Waals surface area contributed by atoms with Crippen LogP contribution in [0.5, 0.6) is 0 Å². The minimum Gasteiger partial charge on any atom is -0.342 e. The molecule has 2 fully saturated rings. The van der Waals surface area contributed by atoms with Crippen LogP contribution in [0, 0.1) is 11.7 Å². The maximum atomic E-state index is 13.4. The lowest BCUT2D eigenvalue weighted by atomic mass is 9.92. The zero-order valence-corrected chi connectivity index (χ0v) is 17.3. The molecule has 8 heteroatoms. The first-order valence-electron chi connectivity index (χ1n) is 10.7. The van der Waals surface area contributed by atoms with Crippen molar-refractivity contribution >= 4 is 11.8 Å².